The Bertz CT molecular complexity index is 658. The van der Waals surface area contributed by atoms with Gasteiger partial charge in [0.1, 0.15) is 12.5 Å². The highest BCUT2D eigenvalue weighted by Crippen LogP contribution is 2.36. The van der Waals surface area contributed by atoms with Crippen LogP contribution in [0.15, 0.2) is 24.3 Å². The van der Waals surface area contributed by atoms with Crippen molar-refractivity contribution in [1.82, 2.24) is 4.90 Å². The van der Waals surface area contributed by atoms with Crippen LogP contribution >= 0.6 is 0 Å². The van der Waals surface area contributed by atoms with Gasteiger partial charge in [0, 0.05) is 25.2 Å². The number of anilines is 1. The normalized spacial score (nSPS) is 21.2. The van der Waals surface area contributed by atoms with Gasteiger partial charge in [-0.25, -0.2) is 0 Å². The number of hydrogen-bond acceptors (Lipinski definition) is 3. The van der Waals surface area contributed by atoms with Crippen LogP contribution < -0.4 is 4.90 Å². The highest BCUT2D eigenvalue weighted by Gasteiger charge is 2.36. The Morgan fingerprint density at radius 3 is 2.67 bits per heavy atom. The summed E-state index contributed by atoms with van der Waals surface area (Å²) >= 11 is 0. The zero-order valence-corrected chi connectivity index (χ0v) is 13.6. The molecule has 1 atom stereocenters. The molecule has 1 N–H and O–H groups in total. The third-order valence-electron chi connectivity index (χ3n) is 4.81. The van der Waals surface area contributed by atoms with Gasteiger partial charge < -0.3 is 14.9 Å². The van der Waals surface area contributed by atoms with Crippen LogP contribution in [-0.2, 0) is 14.4 Å². The van der Waals surface area contributed by atoms with Gasteiger partial charge in [0.2, 0.25) is 11.8 Å². The van der Waals surface area contributed by atoms with Gasteiger partial charge >= 0.3 is 5.97 Å². The summed E-state index contributed by atoms with van der Waals surface area (Å²) in [4.78, 5) is 39.5. The summed E-state index contributed by atoms with van der Waals surface area (Å²) in [5.41, 5.74) is 1.31. The van der Waals surface area contributed by atoms with Crippen molar-refractivity contribution in [3.8, 4) is 0 Å². The molecule has 0 radical (unpaired) electrons. The Balaban J connectivity index is 1.75. The molecule has 0 aromatic heterocycles. The van der Waals surface area contributed by atoms with Crippen molar-refractivity contribution < 1.29 is 19.5 Å². The van der Waals surface area contributed by atoms with E-state index in [4.69, 9.17) is 0 Å². The lowest BCUT2D eigenvalue weighted by atomic mass is 10.0. The Hall–Kier alpha value is -2.37. The van der Waals surface area contributed by atoms with E-state index < -0.39 is 11.9 Å². The van der Waals surface area contributed by atoms with Crippen molar-refractivity contribution in [2.24, 2.45) is 0 Å². The van der Waals surface area contributed by atoms with E-state index in [1.807, 2.05) is 0 Å². The molecule has 1 aromatic carbocycles. The van der Waals surface area contributed by atoms with Crippen LogP contribution in [0.1, 0.15) is 43.6 Å². The van der Waals surface area contributed by atoms with Crippen LogP contribution in [-0.4, -0.2) is 47.4 Å². The number of carboxylic acids is 1. The van der Waals surface area contributed by atoms with E-state index in [9.17, 15) is 19.5 Å². The summed E-state index contributed by atoms with van der Waals surface area (Å²) in [7, 11) is 0. The zero-order chi connectivity index (χ0) is 17.1. The Labute approximate surface area is 141 Å². The highest BCUT2D eigenvalue weighted by molar-refractivity contribution is 6.01. The van der Waals surface area contributed by atoms with Gasteiger partial charge in [0.15, 0.2) is 0 Å². The predicted molar refractivity (Wildman–Crippen MR) is 88.8 cm³/mol. The summed E-state index contributed by atoms with van der Waals surface area (Å²) in [5, 5.41) is 9.39. The molecule has 2 heterocycles. The van der Waals surface area contributed by atoms with E-state index in [0.29, 0.717) is 24.2 Å². The van der Waals surface area contributed by atoms with E-state index in [1.54, 1.807) is 29.2 Å². The maximum atomic E-state index is 12.7. The average molecular weight is 330 g/mol. The van der Waals surface area contributed by atoms with Crippen LogP contribution in [0.3, 0.4) is 0 Å². The predicted octanol–water partition coefficient (Wildman–Crippen LogP) is 1.99. The molecule has 128 valence electrons. The molecule has 0 spiro atoms. The molecular formula is C18H22N2O4. The second-order valence-corrected chi connectivity index (χ2v) is 6.43. The van der Waals surface area contributed by atoms with Gasteiger partial charge in [-0.3, -0.25) is 14.4 Å². The molecule has 6 heteroatoms. The zero-order valence-electron chi connectivity index (χ0n) is 13.6. The minimum Gasteiger partial charge on any atom is -0.481 e. The van der Waals surface area contributed by atoms with Gasteiger partial charge in [-0.2, -0.15) is 0 Å². The number of likely N-dealkylation sites (tertiary alicyclic amines) is 1. The SMILES string of the molecule is O=C(O)C1CN(C(=O)CN2CCCCCCC2=O)c2ccccc21. The van der Waals surface area contributed by atoms with Crippen LogP contribution in [0, 0.1) is 0 Å². The van der Waals surface area contributed by atoms with Crippen LogP contribution in [0.25, 0.3) is 0 Å². The highest BCUT2D eigenvalue weighted by atomic mass is 16.4. The third-order valence-corrected chi connectivity index (χ3v) is 4.81. The minimum atomic E-state index is -0.930. The lowest BCUT2D eigenvalue weighted by Crippen LogP contribution is -2.43. The molecule has 1 aromatic rings. The first-order valence-corrected chi connectivity index (χ1v) is 8.48. The van der Waals surface area contributed by atoms with Crippen molar-refractivity contribution in [3.05, 3.63) is 29.8 Å². The molecule has 2 amide bonds. The molecular weight excluding hydrogens is 308 g/mol. The van der Waals surface area contributed by atoms with Crippen LogP contribution in [0.2, 0.25) is 0 Å². The second kappa shape index (κ2) is 7.03. The van der Waals surface area contributed by atoms with Crippen LogP contribution in [0.5, 0.6) is 0 Å². The van der Waals surface area contributed by atoms with Crippen molar-refractivity contribution in [3.63, 3.8) is 0 Å². The van der Waals surface area contributed by atoms with Crippen molar-refractivity contribution in [2.75, 3.05) is 24.5 Å². The maximum Gasteiger partial charge on any atom is 0.312 e. The number of rotatable bonds is 3. The van der Waals surface area contributed by atoms with E-state index in [2.05, 4.69) is 0 Å². The molecule has 24 heavy (non-hydrogen) atoms. The largest absolute Gasteiger partial charge is 0.481 e. The first kappa shape index (κ1) is 16.5. The van der Waals surface area contributed by atoms with E-state index in [-0.39, 0.29) is 24.9 Å². The van der Waals surface area contributed by atoms with E-state index in [1.165, 1.54) is 4.90 Å². The first-order chi connectivity index (χ1) is 11.6. The lowest BCUT2D eigenvalue weighted by molar-refractivity contribution is -0.138. The standard InChI is InChI=1S/C18H22N2O4/c21-16-9-3-1-2-6-10-19(16)12-17(22)20-11-14(18(23)24)13-7-4-5-8-15(13)20/h4-5,7-8,14H,1-3,6,9-12H2,(H,23,24). The second-order valence-electron chi connectivity index (χ2n) is 6.43. The number of fused-ring (bicyclic) bond motifs is 1. The van der Waals surface area contributed by atoms with Gasteiger partial charge in [-0.05, 0) is 24.5 Å². The number of hydrogen-bond donors (Lipinski definition) is 1. The summed E-state index contributed by atoms with van der Waals surface area (Å²) in [6, 6.07) is 7.10. The Morgan fingerprint density at radius 2 is 1.88 bits per heavy atom. The van der Waals surface area contributed by atoms with Crippen molar-refractivity contribution >= 4 is 23.5 Å². The van der Waals surface area contributed by atoms with Gasteiger partial charge in [-0.15, -0.1) is 0 Å². The summed E-state index contributed by atoms with van der Waals surface area (Å²) < 4.78 is 0. The molecule has 0 saturated carbocycles. The number of amides is 2. The third kappa shape index (κ3) is 3.27. The number of nitrogens with zero attached hydrogens (tertiary/aromatic N) is 2. The molecule has 0 aliphatic carbocycles. The van der Waals surface area contributed by atoms with E-state index >= 15 is 0 Å². The fourth-order valence-electron chi connectivity index (χ4n) is 3.49. The summed E-state index contributed by atoms with van der Waals surface area (Å²) in [5.74, 6) is -1.82. The minimum absolute atomic E-state index is 0.0188. The van der Waals surface area contributed by atoms with Gasteiger partial charge in [0.05, 0.1) is 0 Å². The molecule has 0 bridgehead atoms. The van der Waals surface area contributed by atoms with Crippen molar-refractivity contribution in [2.45, 2.75) is 38.0 Å². The number of carbonyl (C=O) groups excluding carboxylic acids is 2. The molecule has 1 unspecified atom stereocenters. The summed E-state index contributed by atoms with van der Waals surface area (Å²) in [6.07, 6.45) is 4.41. The van der Waals surface area contributed by atoms with Gasteiger partial charge in [-0.1, -0.05) is 31.0 Å². The Kier molecular flexibility index (Phi) is 4.83. The molecule has 2 aliphatic rings. The molecule has 6 nitrogen and oxygen atoms in total. The fraction of sp³-hybridized carbons (Fsp3) is 0.500. The smallest absolute Gasteiger partial charge is 0.312 e. The number of carboxylic acid groups (broad SMARTS) is 1. The Morgan fingerprint density at radius 1 is 1.12 bits per heavy atom. The quantitative estimate of drug-likeness (QED) is 0.919. The number of benzene rings is 1. The van der Waals surface area contributed by atoms with Gasteiger partial charge in [0.25, 0.3) is 0 Å². The molecule has 1 fully saturated rings. The molecule has 2 aliphatic heterocycles. The topological polar surface area (TPSA) is 77.9 Å². The number of para-hydroxylation sites is 1. The molecule has 1 saturated heterocycles. The van der Waals surface area contributed by atoms with Crippen molar-refractivity contribution in [1.29, 1.82) is 0 Å². The fourth-order valence-corrected chi connectivity index (χ4v) is 3.49. The lowest BCUT2D eigenvalue weighted by Gasteiger charge is -2.27. The average Bonchev–Trinajstić information content (AvgIpc) is 2.94. The number of aliphatic carboxylic acids is 1. The maximum absolute atomic E-state index is 12.7. The van der Waals surface area contributed by atoms with E-state index in [0.717, 1.165) is 25.7 Å². The van der Waals surface area contributed by atoms with Crippen LogP contribution in [0.4, 0.5) is 5.69 Å². The monoisotopic (exact) mass is 330 g/mol. The first-order valence-electron chi connectivity index (χ1n) is 8.48. The number of carbonyl (C=O) groups is 3. The molecule has 3 rings (SSSR count). The summed E-state index contributed by atoms with van der Waals surface area (Å²) in [6.45, 7) is 0.761.